The van der Waals surface area contributed by atoms with Gasteiger partial charge in [-0.05, 0) is 34.9 Å². The van der Waals surface area contributed by atoms with Gasteiger partial charge >= 0.3 is 6.18 Å². The molecule has 0 fully saturated rings. The van der Waals surface area contributed by atoms with Crippen molar-refractivity contribution in [3.05, 3.63) is 83.9 Å². The van der Waals surface area contributed by atoms with E-state index in [1.165, 1.54) is 41.3 Å². The maximum absolute atomic E-state index is 13.8. The molecular formula is C22H18F4N2O3S. The molecular weight excluding hydrogens is 448 g/mol. The molecule has 0 spiro atoms. The fourth-order valence-electron chi connectivity index (χ4n) is 3.08. The zero-order valence-electron chi connectivity index (χ0n) is 16.6. The summed E-state index contributed by atoms with van der Waals surface area (Å²) in [6, 6.07) is 15.5. The van der Waals surface area contributed by atoms with Gasteiger partial charge in [-0.2, -0.15) is 17.6 Å². The average molecular weight is 466 g/mol. The summed E-state index contributed by atoms with van der Waals surface area (Å²) in [5, 5.41) is 0. The summed E-state index contributed by atoms with van der Waals surface area (Å²) in [4.78, 5) is 15.7. The average Bonchev–Trinajstić information content (AvgIpc) is 2.74. The molecule has 3 rings (SSSR count). The highest BCUT2D eigenvalue weighted by molar-refractivity contribution is 7.89. The van der Waals surface area contributed by atoms with Crippen molar-refractivity contribution < 1.29 is 30.8 Å². The van der Waals surface area contributed by atoms with E-state index in [-0.39, 0.29) is 18.4 Å². The molecule has 1 N–H and O–H groups in total. The summed E-state index contributed by atoms with van der Waals surface area (Å²) >= 11 is 0. The molecule has 3 aromatic rings. The molecule has 5 nitrogen and oxygen atoms in total. The van der Waals surface area contributed by atoms with Gasteiger partial charge in [-0.3, -0.25) is 4.79 Å². The summed E-state index contributed by atoms with van der Waals surface area (Å²) in [6.07, 6.45) is -3.98. The van der Waals surface area contributed by atoms with E-state index in [1.807, 2.05) is 0 Å². The second-order valence-corrected chi connectivity index (χ2v) is 8.74. The molecule has 0 bridgehead atoms. The first-order chi connectivity index (χ1) is 15.0. The number of aromatic nitrogens is 1. The number of carbonyl (C=O) groups excluding carboxylic acids is 1. The van der Waals surface area contributed by atoms with Crippen molar-refractivity contribution in [2.24, 2.45) is 0 Å². The van der Waals surface area contributed by atoms with Gasteiger partial charge in [0.1, 0.15) is 12.3 Å². The van der Waals surface area contributed by atoms with Crippen LogP contribution in [0.3, 0.4) is 0 Å². The van der Waals surface area contributed by atoms with E-state index in [2.05, 4.69) is 4.98 Å². The van der Waals surface area contributed by atoms with Crippen LogP contribution >= 0.6 is 0 Å². The van der Waals surface area contributed by atoms with Crippen molar-refractivity contribution in [2.45, 2.75) is 23.9 Å². The van der Waals surface area contributed by atoms with Crippen molar-refractivity contribution >= 4 is 15.8 Å². The molecule has 10 heteroatoms. The Morgan fingerprint density at radius 2 is 1.62 bits per heavy atom. The van der Waals surface area contributed by atoms with E-state index in [9.17, 15) is 30.8 Å². The highest BCUT2D eigenvalue weighted by Gasteiger charge is 2.30. The summed E-state index contributed by atoms with van der Waals surface area (Å²) in [5.41, 5.74) is 1.62. The molecule has 2 aromatic carbocycles. The third-order valence-electron chi connectivity index (χ3n) is 4.55. The van der Waals surface area contributed by atoms with Crippen LogP contribution in [0.15, 0.2) is 71.8 Å². The number of nitrogens with zero attached hydrogens (tertiary/aromatic N) is 1. The van der Waals surface area contributed by atoms with Crippen LogP contribution in [0.2, 0.25) is 0 Å². The Morgan fingerprint density at radius 3 is 2.28 bits per heavy atom. The lowest BCUT2D eigenvalue weighted by Crippen LogP contribution is -2.33. The molecule has 0 saturated carbocycles. The standard InChI is InChI=1S/C22H18F4N2O3S/c23-21-16(7-4-10-27-21)11-18(29)12-17-13-19(32(30,31)28-14-22(24,25)26)8-9-20(17)15-5-2-1-3-6-15/h1-10,13,28H,11-12,14H2. The van der Waals surface area contributed by atoms with Crippen LogP contribution in [0.4, 0.5) is 17.6 Å². The van der Waals surface area contributed by atoms with Gasteiger partial charge in [-0.25, -0.2) is 18.1 Å². The lowest BCUT2D eigenvalue weighted by molar-refractivity contribution is -0.121. The lowest BCUT2D eigenvalue weighted by Gasteiger charge is -2.14. The number of halogens is 4. The molecule has 0 aliphatic rings. The minimum atomic E-state index is -4.72. The Morgan fingerprint density at radius 1 is 0.938 bits per heavy atom. The first-order valence-corrected chi connectivity index (χ1v) is 10.9. The number of ketones is 1. The maximum atomic E-state index is 13.8. The second-order valence-electron chi connectivity index (χ2n) is 6.97. The molecule has 0 radical (unpaired) electrons. The van der Waals surface area contributed by atoms with Crippen LogP contribution in [0.5, 0.6) is 0 Å². The summed E-state index contributed by atoms with van der Waals surface area (Å²) in [5.74, 6) is -1.19. The molecule has 0 saturated heterocycles. The second kappa shape index (κ2) is 9.58. The zero-order valence-corrected chi connectivity index (χ0v) is 17.4. The minimum absolute atomic E-state index is 0.0920. The number of hydrogen-bond donors (Lipinski definition) is 1. The number of benzene rings is 2. The fourth-order valence-corrected chi connectivity index (χ4v) is 4.15. The number of hydrogen-bond acceptors (Lipinski definition) is 4. The number of sulfonamides is 1. The molecule has 0 amide bonds. The molecule has 32 heavy (non-hydrogen) atoms. The number of pyridine rings is 1. The fraction of sp³-hybridized carbons (Fsp3) is 0.182. The summed E-state index contributed by atoms with van der Waals surface area (Å²) < 4.78 is 77.4. The van der Waals surface area contributed by atoms with Crippen molar-refractivity contribution in [3.63, 3.8) is 0 Å². The van der Waals surface area contributed by atoms with E-state index >= 15 is 0 Å². The molecule has 1 aromatic heterocycles. The molecule has 0 unspecified atom stereocenters. The Bertz CT molecular complexity index is 1210. The van der Waals surface area contributed by atoms with Gasteiger partial charge in [0.25, 0.3) is 0 Å². The monoisotopic (exact) mass is 466 g/mol. The van der Waals surface area contributed by atoms with Gasteiger partial charge in [0.2, 0.25) is 16.0 Å². The Hall–Kier alpha value is -3.11. The molecule has 0 atom stereocenters. The zero-order chi connectivity index (χ0) is 23.4. The number of nitrogens with one attached hydrogen (secondary N) is 1. The van der Waals surface area contributed by atoms with E-state index in [1.54, 1.807) is 30.3 Å². The number of rotatable bonds is 8. The first kappa shape index (κ1) is 23.6. The normalized spacial score (nSPS) is 12.0. The predicted octanol–water partition coefficient (Wildman–Crippen LogP) is 4.08. The topological polar surface area (TPSA) is 76.1 Å². The van der Waals surface area contributed by atoms with Gasteiger partial charge < -0.3 is 0 Å². The van der Waals surface area contributed by atoms with Crippen LogP contribution < -0.4 is 4.72 Å². The Kier molecular flexibility index (Phi) is 7.05. The number of Topliss-reactive ketones (excluding diaryl/α,β-unsaturated/α-hetero) is 1. The van der Waals surface area contributed by atoms with E-state index in [0.717, 1.165) is 0 Å². The van der Waals surface area contributed by atoms with Gasteiger partial charge in [-0.1, -0.05) is 42.5 Å². The predicted molar refractivity (Wildman–Crippen MR) is 110 cm³/mol. The quantitative estimate of drug-likeness (QED) is 0.401. The van der Waals surface area contributed by atoms with Crippen molar-refractivity contribution in [1.82, 2.24) is 9.71 Å². The highest BCUT2D eigenvalue weighted by atomic mass is 32.2. The Labute approximate surface area is 182 Å². The molecule has 1 heterocycles. The molecule has 168 valence electrons. The highest BCUT2D eigenvalue weighted by Crippen LogP contribution is 2.27. The van der Waals surface area contributed by atoms with Crippen LogP contribution in [-0.4, -0.2) is 31.9 Å². The van der Waals surface area contributed by atoms with Gasteiger partial charge in [0.15, 0.2) is 0 Å². The van der Waals surface area contributed by atoms with E-state index in [4.69, 9.17) is 0 Å². The molecule has 0 aliphatic heterocycles. The van der Waals surface area contributed by atoms with Crippen LogP contribution in [0, 0.1) is 5.95 Å². The van der Waals surface area contributed by atoms with Crippen LogP contribution in [0.1, 0.15) is 11.1 Å². The minimum Gasteiger partial charge on any atom is -0.299 e. The molecule has 0 aliphatic carbocycles. The third kappa shape index (κ3) is 6.21. The van der Waals surface area contributed by atoms with Gasteiger partial charge in [0.05, 0.1) is 4.90 Å². The van der Waals surface area contributed by atoms with Gasteiger partial charge in [-0.15, -0.1) is 0 Å². The Balaban J connectivity index is 1.94. The third-order valence-corrected chi connectivity index (χ3v) is 5.94. The van der Waals surface area contributed by atoms with E-state index in [0.29, 0.717) is 16.7 Å². The van der Waals surface area contributed by atoms with Crippen LogP contribution in [0.25, 0.3) is 11.1 Å². The van der Waals surface area contributed by atoms with Crippen molar-refractivity contribution in [3.8, 4) is 11.1 Å². The summed E-state index contributed by atoms with van der Waals surface area (Å²) in [7, 11) is -4.47. The van der Waals surface area contributed by atoms with Crippen LogP contribution in [-0.2, 0) is 27.7 Å². The van der Waals surface area contributed by atoms with Gasteiger partial charge in [0, 0.05) is 24.6 Å². The van der Waals surface area contributed by atoms with Crippen molar-refractivity contribution in [2.75, 3.05) is 6.54 Å². The lowest BCUT2D eigenvalue weighted by atomic mass is 9.95. The SMILES string of the molecule is O=C(Cc1cc(S(=O)(=O)NCC(F)(F)F)ccc1-c1ccccc1)Cc1cccnc1F. The first-order valence-electron chi connectivity index (χ1n) is 9.41. The van der Waals surface area contributed by atoms with E-state index < -0.39 is 39.4 Å². The number of carbonyl (C=O) groups is 1. The maximum Gasteiger partial charge on any atom is 0.402 e. The smallest absolute Gasteiger partial charge is 0.299 e. The van der Waals surface area contributed by atoms with Crippen molar-refractivity contribution in [1.29, 1.82) is 0 Å². The number of alkyl halides is 3. The largest absolute Gasteiger partial charge is 0.402 e. The summed E-state index contributed by atoms with van der Waals surface area (Å²) in [6.45, 7) is -1.72.